The highest BCUT2D eigenvalue weighted by Gasteiger charge is 2.31. The first-order chi connectivity index (χ1) is 9.39. The fraction of sp³-hybridized carbons (Fsp3) is 0.250. The number of hydrogen-bond acceptors (Lipinski definition) is 3. The highest BCUT2D eigenvalue weighted by Crippen LogP contribution is 2.33. The molecule has 2 rings (SSSR count). The molecule has 0 aliphatic carbocycles. The third kappa shape index (κ3) is 3.66. The fourth-order valence-corrected chi connectivity index (χ4v) is 2.06. The molecule has 8 heteroatoms. The molecule has 0 atom stereocenters. The van der Waals surface area contributed by atoms with Crippen LogP contribution < -0.4 is 10.1 Å². The van der Waals surface area contributed by atoms with Crippen molar-refractivity contribution in [1.82, 2.24) is 9.55 Å². The lowest BCUT2D eigenvalue weighted by atomic mass is 10.3. The van der Waals surface area contributed by atoms with Gasteiger partial charge in [0.05, 0.1) is 4.47 Å². The van der Waals surface area contributed by atoms with Crippen molar-refractivity contribution in [3.8, 4) is 5.75 Å². The topological polar surface area (TPSA) is 39.1 Å². The van der Waals surface area contributed by atoms with Gasteiger partial charge in [0.1, 0.15) is 5.75 Å². The molecule has 0 saturated carbocycles. The summed E-state index contributed by atoms with van der Waals surface area (Å²) in [4.78, 5) is 4.12. The number of aryl methyl sites for hydroxylation is 1. The lowest BCUT2D eigenvalue weighted by Crippen LogP contribution is -2.17. The zero-order valence-electron chi connectivity index (χ0n) is 10.4. The van der Waals surface area contributed by atoms with Gasteiger partial charge in [-0.2, -0.15) is 0 Å². The Hall–Kier alpha value is -1.70. The normalized spacial score (nSPS) is 11.4. The number of imidazole rings is 1. The molecule has 4 nitrogen and oxygen atoms in total. The van der Waals surface area contributed by atoms with Crippen LogP contribution in [0.3, 0.4) is 0 Å². The van der Waals surface area contributed by atoms with Crippen molar-refractivity contribution in [2.75, 3.05) is 5.32 Å². The SMILES string of the molecule is CCn1ccnc1Nc1ccc(OC(F)(F)F)c(Br)c1. The largest absolute Gasteiger partial charge is 0.573 e. The highest BCUT2D eigenvalue weighted by molar-refractivity contribution is 9.10. The van der Waals surface area contributed by atoms with Gasteiger partial charge in [0, 0.05) is 24.6 Å². The van der Waals surface area contributed by atoms with E-state index in [0.717, 1.165) is 6.54 Å². The summed E-state index contributed by atoms with van der Waals surface area (Å²) in [5.41, 5.74) is 0.604. The van der Waals surface area contributed by atoms with Crippen LogP contribution in [-0.2, 0) is 6.54 Å². The number of anilines is 2. The molecule has 20 heavy (non-hydrogen) atoms. The maximum Gasteiger partial charge on any atom is 0.573 e. The van der Waals surface area contributed by atoms with E-state index in [4.69, 9.17) is 0 Å². The molecule has 1 aromatic carbocycles. The summed E-state index contributed by atoms with van der Waals surface area (Å²) in [6.45, 7) is 2.70. The minimum absolute atomic E-state index is 0.203. The van der Waals surface area contributed by atoms with Crippen molar-refractivity contribution in [3.63, 3.8) is 0 Å². The quantitative estimate of drug-likeness (QED) is 0.893. The van der Waals surface area contributed by atoms with Gasteiger partial charge >= 0.3 is 6.36 Å². The van der Waals surface area contributed by atoms with Gasteiger partial charge in [-0.3, -0.25) is 0 Å². The second kappa shape index (κ2) is 5.74. The predicted molar refractivity (Wildman–Crippen MR) is 72.0 cm³/mol. The molecular formula is C12H11BrF3N3O. The van der Waals surface area contributed by atoms with E-state index in [1.54, 1.807) is 12.4 Å². The molecule has 0 bridgehead atoms. The molecule has 0 saturated heterocycles. The second-order valence-electron chi connectivity index (χ2n) is 3.85. The Bertz CT molecular complexity index is 598. The molecule has 108 valence electrons. The standard InChI is InChI=1S/C12H11BrF3N3O/c1-2-19-6-5-17-11(19)18-8-3-4-10(9(13)7-8)20-12(14,15)16/h3-7H,2H2,1H3,(H,17,18). The van der Waals surface area contributed by atoms with Crippen molar-refractivity contribution in [2.24, 2.45) is 0 Å². The maximum atomic E-state index is 12.2. The minimum atomic E-state index is -4.71. The van der Waals surface area contributed by atoms with Crippen LogP contribution >= 0.6 is 15.9 Å². The van der Waals surface area contributed by atoms with Crippen molar-refractivity contribution in [2.45, 2.75) is 19.8 Å². The zero-order chi connectivity index (χ0) is 14.8. The average Bonchev–Trinajstić information content (AvgIpc) is 2.78. The summed E-state index contributed by atoms with van der Waals surface area (Å²) in [6.07, 6.45) is -1.27. The van der Waals surface area contributed by atoms with E-state index in [-0.39, 0.29) is 10.2 Å². The van der Waals surface area contributed by atoms with E-state index >= 15 is 0 Å². The molecule has 0 aliphatic rings. The van der Waals surface area contributed by atoms with Gasteiger partial charge in [0.15, 0.2) is 0 Å². The van der Waals surface area contributed by atoms with Gasteiger partial charge in [-0.05, 0) is 41.1 Å². The summed E-state index contributed by atoms with van der Waals surface area (Å²) in [5.74, 6) is 0.325. The number of nitrogens with zero attached hydrogens (tertiary/aromatic N) is 2. The summed E-state index contributed by atoms with van der Waals surface area (Å²) < 4.78 is 42.4. The number of halogens is 4. The van der Waals surface area contributed by atoms with Gasteiger partial charge in [-0.1, -0.05) is 0 Å². The Morgan fingerprint density at radius 3 is 2.75 bits per heavy atom. The van der Waals surface area contributed by atoms with E-state index in [1.165, 1.54) is 18.2 Å². The molecule has 0 amide bonds. The number of nitrogens with one attached hydrogen (secondary N) is 1. The minimum Gasteiger partial charge on any atom is -0.405 e. The molecule has 1 aromatic heterocycles. The Balaban J connectivity index is 2.17. The molecule has 1 heterocycles. The second-order valence-corrected chi connectivity index (χ2v) is 4.71. The van der Waals surface area contributed by atoms with Crippen LogP contribution in [0, 0.1) is 0 Å². The molecule has 1 N–H and O–H groups in total. The Morgan fingerprint density at radius 1 is 1.40 bits per heavy atom. The van der Waals surface area contributed by atoms with Gasteiger partial charge in [-0.25, -0.2) is 4.98 Å². The molecule has 0 aliphatic heterocycles. The fourth-order valence-electron chi connectivity index (χ4n) is 1.60. The monoisotopic (exact) mass is 349 g/mol. The number of aromatic nitrogens is 2. The molecule has 2 aromatic rings. The first-order valence-corrected chi connectivity index (χ1v) is 6.52. The van der Waals surface area contributed by atoms with E-state index in [2.05, 4.69) is 31.0 Å². The Labute approximate surface area is 121 Å². The maximum absolute atomic E-state index is 12.2. The van der Waals surface area contributed by atoms with E-state index in [1.807, 2.05) is 11.5 Å². The number of hydrogen-bond donors (Lipinski definition) is 1. The predicted octanol–water partition coefficient (Wildman–Crippen LogP) is 4.31. The van der Waals surface area contributed by atoms with E-state index in [0.29, 0.717) is 11.6 Å². The van der Waals surface area contributed by atoms with Crippen molar-refractivity contribution in [1.29, 1.82) is 0 Å². The summed E-state index contributed by atoms with van der Waals surface area (Å²) in [6, 6.07) is 4.22. The Morgan fingerprint density at radius 2 is 2.15 bits per heavy atom. The third-order valence-electron chi connectivity index (χ3n) is 2.47. The van der Waals surface area contributed by atoms with E-state index < -0.39 is 6.36 Å². The summed E-state index contributed by atoms with van der Waals surface area (Å²) in [7, 11) is 0. The molecule has 0 spiro atoms. The molecule has 0 radical (unpaired) electrons. The van der Waals surface area contributed by atoms with Crippen molar-refractivity contribution >= 4 is 27.6 Å². The zero-order valence-corrected chi connectivity index (χ0v) is 12.0. The lowest BCUT2D eigenvalue weighted by Gasteiger charge is -2.12. The smallest absolute Gasteiger partial charge is 0.405 e. The van der Waals surface area contributed by atoms with Crippen LogP contribution in [0.5, 0.6) is 5.75 Å². The van der Waals surface area contributed by atoms with Gasteiger partial charge < -0.3 is 14.6 Å². The van der Waals surface area contributed by atoms with Gasteiger partial charge in [0.25, 0.3) is 0 Å². The van der Waals surface area contributed by atoms with Crippen LogP contribution in [-0.4, -0.2) is 15.9 Å². The Kier molecular flexibility index (Phi) is 4.22. The molecular weight excluding hydrogens is 339 g/mol. The van der Waals surface area contributed by atoms with Crippen LogP contribution in [0.4, 0.5) is 24.8 Å². The van der Waals surface area contributed by atoms with Gasteiger partial charge in [-0.15, -0.1) is 13.2 Å². The van der Waals surface area contributed by atoms with Crippen LogP contribution in [0.25, 0.3) is 0 Å². The summed E-state index contributed by atoms with van der Waals surface area (Å²) in [5, 5.41) is 3.02. The van der Waals surface area contributed by atoms with E-state index in [9.17, 15) is 13.2 Å². The average molecular weight is 350 g/mol. The van der Waals surface area contributed by atoms with Gasteiger partial charge in [0.2, 0.25) is 5.95 Å². The number of ether oxygens (including phenoxy) is 1. The number of alkyl halides is 3. The third-order valence-corrected chi connectivity index (χ3v) is 3.09. The lowest BCUT2D eigenvalue weighted by molar-refractivity contribution is -0.274. The van der Waals surface area contributed by atoms with Crippen LogP contribution in [0.2, 0.25) is 0 Å². The first-order valence-electron chi connectivity index (χ1n) is 5.72. The van der Waals surface area contributed by atoms with Crippen molar-refractivity contribution < 1.29 is 17.9 Å². The number of benzene rings is 1. The number of rotatable bonds is 4. The highest BCUT2D eigenvalue weighted by atomic mass is 79.9. The first kappa shape index (κ1) is 14.7. The molecule has 0 fully saturated rings. The van der Waals surface area contributed by atoms with Crippen LogP contribution in [0.15, 0.2) is 35.1 Å². The van der Waals surface area contributed by atoms with Crippen LogP contribution in [0.1, 0.15) is 6.92 Å². The summed E-state index contributed by atoms with van der Waals surface area (Å²) >= 11 is 3.05. The van der Waals surface area contributed by atoms with Crippen molar-refractivity contribution in [3.05, 3.63) is 35.1 Å². The molecule has 0 unspecified atom stereocenters.